The maximum atomic E-state index is 10.2. The molecule has 0 aromatic heterocycles. The minimum absolute atomic E-state index is 0.175. The van der Waals surface area contributed by atoms with E-state index in [1.807, 2.05) is 13.0 Å². The van der Waals surface area contributed by atoms with Gasteiger partial charge in [-0.2, -0.15) is 15.8 Å². The van der Waals surface area contributed by atoms with Gasteiger partial charge in [-0.05, 0) is 29.8 Å². The third-order valence-corrected chi connectivity index (χ3v) is 6.36. The summed E-state index contributed by atoms with van der Waals surface area (Å²) >= 11 is 0. The molecule has 1 aliphatic heterocycles. The summed E-state index contributed by atoms with van der Waals surface area (Å²) in [5.74, 6) is -0.623. The predicted molar refractivity (Wildman–Crippen MR) is 113 cm³/mol. The number of nitrogens with one attached hydrogen (secondary N) is 1. The molecule has 1 aromatic carbocycles. The summed E-state index contributed by atoms with van der Waals surface area (Å²) in [5, 5.41) is 38.9. The van der Waals surface area contributed by atoms with Crippen molar-refractivity contribution in [3.63, 3.8) is 0 Å². The fourth-order valence-corrected chi connectivity index (χ4v) is 4.78. The first-order chi connectivity index (χ1) is 15.0. The van der Waals surface area contributed by atoms with Crippen molar-refractivity contribution in [3.8, 4) is 35.5 Å². The minimum Gasteiger partial charge on any atom is -0.493 e. The van der Waals surface area contributed by atoms with Crippen LogP contribution in [-0.4, -0.2) is 51.6 Å². The predicted octanol–water partition coefficient (Wildman–Crippen LogP) is 2.88. The van der Waals surface area contributed by atoms with Crippen molar-refractivity contribution in [2.75, 3.05) is 41.0 Å². The largest absolute Gasteiger partial charge is 0.493 e. The van der Waals surface area contributed by atoms with Crippen molar-refractivity contribution in [3.05, 3.63) is 29.3 Å². The van der Waals surface area contributed by atoms with E-state index < -0.39 is 17.3 Å². The number of fused-ring (bicyclic) bond motifs is 1. The average Bonchev–Trinajstić information content (AvgIpc) is 2.82. The third kappa shape index (κ3) is 3.28. The van der Waals surface area contributed by atoms with Gasteiger partial charge in [0.25, 0.3) is 0 Å². The lowest BCUT2D eigenvalue weighted by molar-refractivity contribution is 0.211. The van der Waals surface area contributed by atoms with Crippen LogP contribution in [0.2, 0.25) is 0 Å². The number of rotatable bonds is 5. The SMILES string of the molecule is CCN1CC=C2C(C#N)C(=N)C(C#N)(C#N)C(c3cc(OC)c(OC)c(OC)c3)C2C1. The van der Waals surface area contributed by atoms with Gasteiger partial charge in [-0.3, -0.25) is 4.90 Å². The molecule has 3 unspecified atom stereocenters. The molecule has 1 N–H and O–H groups in total. The number of methoxy groups -OCH3 is 3. The molecule has 0 amide bonds. The molecule has 0 bridgehead atoms. The second kappa shape index (κ2) is 8.68. The first-order valence-corrected chi connectivity index (χ1v) is 9.99. The first-order valence-electron chi connectivity index (χ1n) is 9.99. The fraction of sp³-hybridized carbons (Fsp3) is 0.478. The Balaban J connectivity index is 2.32. The Morgan fingerprint density at radius 3 is 2.16 bits per heavy atom. The third-order valence-electron chi connectivity index (χ3n) is 6.36. The van der Waals surface area contributed by atoms with Crippen LogP contribution in [0.1, 0.15) is 18.4 Å². The lowest BCUT2D eigenvalue weighted by Crippen LogP contribution is -2.52. The molecule has 8 nitrogen and oxygen atoms in total. The summed E-state index contributed by atoms with van der Waals surface area (Å²) < 4.78 is 16.4. The number of ether oxygens (including phenoxy) is 3. The van der Waals surface area contributed by atoms with Gasteiger partial charge in [-0.25, -0.2) is 0 Å². The highest BCUT2D eigenvalue weighted by atomic mass is 16.5. The zero-order valence-corrected chi connectivity index (χ0v) is 18.1. The molecule has 2 aliphatic rings. The van der Waals surface area contributed by atoms with E-state index in [1.54, 1.807) is 12.1 Å². The van der Waals surface area contributed by atoms with E-state index in [2.05, 4.69) is 23.1 Å². The molecular weight excluding hydrogens is 394 g/mol. The van der Waals surface area contributed by atoms with Crippen molar-refractivity contribution in [1.82, 2.24) is 4.90 Å². The quantitative estimate of drug-likeness (QED) is 0.727. The Kier molecular flexibility index (Phi) is 6.20. The molecule has 3 rings (SSSR count). The number of hydrogen-bond acceptors (Lipinski definition) is 8. The molecule has 1 fully saturated rings. The molecule has 1 saturated carbocycles. The summed E-state index contributed by atoms with van der Waals surface area (Å²) in [6.07, 6.45) is 1.98. The molecule has 1 heterocycles. The maximum Gasteiger partial charge on any atom is 0.203 e. The second-order valence-corrected chi connectivity index (χ2v) is 7.61. The van der Waals surface area contributed by atoms with Gasteiger partial charge < -0.3 is 19.6 Å². The van der Waals surface area contributed by atoms with E-state index in [0.29, 0.717) is 35.9 Å². The molecule has 0 saturated heterocycles. The van der Waals surface area contributed by atoms with E-state index in [0.717, 1.165) is 12.1 Å². The highest BCUT2D eigenvalue weighted by molar-refractivity contribution is 6.00. The summed E-state index contributed by atoms with van der Waals surface area (Å²) in [4.78, 5) is 2.20. The summed E-state index contributed by atoms with van der Waals surface area (Å²) in [5.41, 5.74) is -0.528. The van der Waals surface area contributed by atoms with Gasteiger partial charge in [0.15, 0.2) is 16.9 Å². The van der Waals surface area contributed by atoms with Gasteiger partial charge in [-0.1, -0.05) is 13.0 Å². The van der Waals surface area contributed by atoms with Crippen molar-refractivity contribution in [2.24, 2.45) is 17.3 Å². The Hall–Kier alpha value is -3.54. The highest BCUT2D eigenvalue weighted by Crippen LogP contribution is 2.55. The maximum absolute atomic E-state index is 10.2. The molecule has 0 spiro atoms. The number of hydrogen-bond donors (Lipinski definition) is 1. The Labute approximate surface area is 182 Å². The monoisotopic (exact) mass is 419 g/mol. The lowest BCUT2D eigenvalue weighted by Gasteiger charge is -2.47. The molecule has 0 radical (unpaired) electrons. The minimum atomic E-state index is -1.79. The standard InChI is InChI=1S/C23H25N5O3/c1-5-28-7-6-15-16(10-24)22(27)23(12-25,13-26)20(17(15)11-28)14-8-18(29-2)21(31-4)19(9-14)30-3/h6,8-9,16-17,20,27H,5,7,11H2,1-4H3. The van der Waals surface area contributed by atoms with Crippen LogP contribution in [0, 0.1) is 56.7 Å². The van der Waals surface area contributed by atoms with Gasteiger partial charge in [0, 0.05) is 24.9 Å². The number of nitriles is 3. The molecule has 3 atom stereocenters. The first kappa shape index (κ1) is 22.2. The summed E-state index contributed by atoms with van der Waals surface area (Å²) in [6.45, 7) is 4.09. The molecular formula is C23H25N5O3. The molecule has 8 heteroatoms. The van der Waals surface area contributed by atoms with Crippen LogP contribution >= 0.6 is 0 Å². The second-order valence-electron chi connectivity index (χ2n) is 7.61. The number of benzene rings is 1. The van der Waals surface area contributed by atoms with Crippen molar-refractivity contribution in [2.45, 2.75) is 12.8 Å². The van der Waals surface area contributed by atoms with Crippen molar-refractivity contribution < 1.29 is 14.2 Å². The van der Waals surface area contributed by atoms with Gasteiger partial charge in [-0.15, -0.1) is 0 Å². The molecule has 160 valence electrons. The van der Waals surface area contributed by atoms with Crippen LogP contribution in [0.25, 0.3) is 0 Å². The molecule has 31 heavy (non-hydrogen) atoms. The van der Waals surface area contributed by atoms with Crippen molar-refractivity contribution in [1.29, 1.82) is 21.2 Å². The van der Waals surface area contributed by atoms with E-state index in [4.69, 9.17) is 19.6 Å². The van der Waals surface area contributed by atoms with Crippen LogP contribution in [0.15, 0.2) is 23.8 Å². The van der Waals surface area contributed by atoms with Crippen LogP contribution in [0.5, 0.6) is 17.2 Å². The Morgan fingerprint density at radius 2 is 1.71 bits per heavy atom. The van der Waals surface area contributed by atoms with E-state index in [9.17, 15) is 15.8 Å². The summed E-state index contributed by atoms with van der Waals surface area (Å²) in [7, 11) is 4.51. The van der Waals surface area contributed by atoms with Gasteiger partial charge in [0.05, 0.1) is 45.2 Å². The van der Waals surface area contributed by atoms with Gasteiger partial charge in [0.2, 0.25) is 5.75 Å². The van der Waals surface area contributed by atoms with E-state index >= 15 is 0 Å². The highest BCUT2D eigenvalue weighted by Gasteiger charge is 2.57. The van der Waals surface area contributed by atoms with E-state index in [1.165, 1.54) is 21.3 Å². The Morgan fingerprint density at radius 1 is 1.10 bits per heavy atom. The molecule has 1 aromatic rings. The van der Waals surface area contributed by atoms with Crippen molar-refractivity contribution >= 4 is 5.71 Å². The Bertz CT molecular complexity index is 1000. The lowest BCUT2D eigenvalue weighted by atomic mass is 9.54. The van der Waals surface area contributed by atoms with Crippen LogP contribution in [0.3, 0.4) is 0 Å². The van der Waals surface area contributed by atoms with E-state index in [-0.39, 0.29) is 11.6 Å². The normalized spacial score (nSPS) is 24.6. The topological polar surface area (TPSA) is 126 Å². The van der Waals surface area contributed by atoms with Gasteiger partial charge >= 0.3 is 0 Å². The van der Waals surface area contributed by atoms with Gasteiger partial charge in [0.1, 0.15) is 5.92 Å². The zero-order chi connectivity index (χ0) is 22.8. The average molecular weight is 419 g/mol. The fourth-order valence-electron chi connectivity index (χ4n) is 4.78. The zero-order valence-electron chi connectivity index (χ0n) is 18.1. The number of likely N-dealkylation sites (N-methyl/N-ethyl adjacent to an activating group) is 1. The van der Waals surface area contributed by atoms with Crippen LogP contribution in [0.4, 0.5) is 0 Å². The number of nitrogens with zero attached hydrogens (tertiary/aromatic N) is 4. The molecule has 1 aliphatic carbocycles. The van der Waals surface area contributed by atoms with Crippen LogP contribution in [-0.2, 0) is 0 Å². The van der Waals surface area contributed by atoms with Crippen LogP contribution < -0.4 is 14.2 Å². The smallest absolute Gasteiger partial charge is 0.203 e. The summed E-state index contributed by atoms with van der Waals surface area (Å²) in [6, 6.07) is 9.84.